The molecular formula is C28H24ClN7O. The van der Waals surface area contributed by atoms with Crippen LogP contribution in [0.5, 0.6) is 0 Å². The zero-order valence-electron chi connectivity index (χ0n) is 19.8. The monoisotopic (exact) mass is 509 g/mol. The van der Waals surface area contributed by atoms with E-state index in [0.717, 1.165) is 28.2 Å². The standard InChI is InChI=1S/C28H24ClN7O/c29-23-13-12-19(24-10-6-11-26(30)34-24)15-20(23)17-32-27-16-25(35-36(27)22-8-2-1-3-9-22)28(37)33-18-21-7-4-5-14-31-21/h1-16,32H,17-18H2,(H2,30,34)(H,33,37). The van der Waals surface area contributed by atoms with E-state index in [1.54, 1.807) is 23.0 Å². The Bertz CT molecular complexity index is 1520. The number of hydrogen-bond donors (Lipinski definition) is 3. The Kier molecular flexibility index (Phi) is 7.09. The highest BCUT2D eigenvalue weighted by molar-refractivity contribution is 6.31. The number of nitrogens with one attached hydrogen (secondary N) is 2. The van der Waals surface area contributed by atoms with Gasteiger partial charge in [0, 0.05) is 29.4 Å². The van der Waals surface area contributed by atoms with Gasteiger partial charge in [-0.1, -0.05) is 48.0 Å². The minimum absolute atomic E-state index is 0.283. The molecule has 3 heterocycles. The normalized spacial score (nSPS) is 10.7. The Morgan fingerprint density at radius 2 is 1.76 bits per heavy atom. The number of carbonyl (C=O) groups is 1. The van der Waals surface area contributed by atoms with Gasteiger partial charge in [0.25, 0.3) is 5.91 Å². The average Bonchev–Trinajstić information content (AvgIpc) is 3.37. The van der Waals surface area contributed by atoms with E-state index in [0.29, 0.717) is 29.7 Å². The number of anilines is 2. The van der Waals surface area contributed by atoms with Crippen molar-refractivity contribution in [2.45, 2.75) is 13.1 Å². The second-order valence-corrected chi connectivity index (χ2v) is 8.68. The Labute approximate surface area is 219 Å². The molecule has 0 unspecified atom stereocenters. The molecule has 4 N–H and O–H groups in total. The number of nitrogen functional groups attached to an aromatic ring is 1. The molecule has 184 valence electrons. The smallest absolute Gasteiger partial charge is 0.272 e. The Morgan fingerprint density at radius 3 is 2.54 bits per heavy atom. The summed E-state index contributed by atoms with van der Waals surface area (Å²) in [4.78, 5) is 21.5. The molecule has 0 bridgehead atoms. The Morgan fingerprint density at radius 1 is 0.919 bits per heavy atom. The third kappa shape index (κ3) is 5.76. The van der Waals surface area contributed by atoms with Gasteiger partial charge in [-0.15, -0.1) is 0 Å². The highest BCUT2D eigenvalue weighted by Crippen LogP contribution is 2.26. The van der Waals surface area contributed by atoms with Crippen LogP contribution in [0.4, 0.5) is 11.6 Å². The Hall–Kier alpha value is -4.69. The lowest BCUT2D eigenvalue weighted by molar-refractivity contribution is 0.0945. The second kappa shape index (κ2) is 10.9. The number of rotatable bonds is 8. The lowest BCUT2D eigenvalue weighted by Crippen LogP contribution is -2.23. The van der Waals surface area contributed by atoms with Crippen LogP contribution in [-0.2, 0) is 13.1 Å². The van der Waals surface area contributed by atoms with E-state index in [4.69, 9.17) is 17.3 Å². The van der Waals surface area contributed by atoms with Gasteiger partial charge >= 0.3 is 0 Å². The van der Waals surface area contributed by atoms with E-state index in [1.807, 2.05) is 78.9 Å². The molecule has 3 aromatic heterocycles. The van der Waals surface area contributed by atoms with E-state index < -0.39 is 0 Å². The summed E-state index contributed by atoms with van der Waals surface area (Å²) in [5.41, 5.74) is 10.3. The molecule has 1 amide bonds. The highest BCUT2D eigenvalue weighted by Gasteiger charge is 2.16. The predicted molar refractivity (Wildman–Crippen MR) is 145 cm³/mol. The number of amides is 1. The summed E-state index contributed by atoms with van der Waals surface area (Å²) in [6.45, 7) is 0.712. The molecule has 2 aromatic carbocycles. The lowest BCUT2D eigenvalue weighted by Gasteiger charge is -2.12. The minimum atomic E-state index is -0.295. The van der Waals surface area contributed by atoms with E-state index >= 15 is 0 Å². The molecule has 0 radical (unpaired) electrons. The van der Waals surface area contributed by atoms with Gasteiger partial charge in [0.15, 0.2) is 5.69 Å². The fraction of sp³-hybridized carbons (Fsp3) is 0.0714. The second-order valence-electron chi connectivity index (χ2n) is 8.27. The molecule has 0 spiro atoms. The highest BCUT2D eigenvalue weighted by atomic mass is 35.5. The molecule has 0 fully saturated rings. The maximum atomic E-state index is 12.9. The van der Waals surface area contributed by atoms with Crippen LogP contribution in [0, 0.1) is 0 Å². The maximum Gasteiger partial charge on any atom is 0.272 e. The van der Waals surface area contributed by atoms with Crippen LogP contribution in [0.15, 0.2) is 97.2 Å². The third-order valence-electron chi connectivity index (χ3n) is 5.67. The van der Waals surface area contributed by atoms with Crippen molar-refractivity contribution in [3.05, 3.63) is 119 Å². The summed E-state index contributed by atoms with van der Waals surface area (Å²) in [5, 5.41) is 11.4. The van der Waals surface area contributed by atoms with E-state index in [1.165, 1.54) is 0 Å². The van der Waals surface area contributed by atoms with Gasteiger partial charge < -0.3 is 16.4 Å². The molecule has 8 nitrogen and oxygen atoms in total. The number of nitrogens with two attached hydrogens (primary N) is 1. The van der Waals surface area contributed by atoms with Crippen LogP contribution in [0.1, 0.15) is 21.7 Å². The van der Waals surface area contributed by atoms with Crippen molar-refractivity contribution in [2.24, 2.45) is 0 Å². The zero-order chi connectivity index (χ0) is 25.6. The fourth-order valence-electron chi connectivity index (χ4n) is 3.82. The summed E-state index contributed by atoms with van der Waals surface area (Å²) in [6, 6.07) is 28.1. The predicted octanol–water partition coefficient (Wildman–Crippen LogP) is 5.11. The van der Waals surface area contributed by atoms with Crippen molar-refractivity contribution >= 4 is 29.1 Å². The van der Waals surface area contributed by atoms with Crippen LogP contribution >= 0.6 is 11.6 Å². The molecular weight excluding hydrogens is 486 g/mol. The van der Waals surface area contributed by atoms with Gasteiger partial charge in [0.1, 0.15) is 11.6 Å². The van der Waals surface area contributed by atoms with Crippen molar-refractivity contribution in [2.75, 3.05) is 11.1 Å². The molecule has 5 rings (SSSR count). The Balaban J connectivity index is 1.39. The minimum Gasteiger partial charge on any atom is -0.384 e. The van der Waals surface area contributed by atoms with Crippen molar-refractivity contribution in [1.29, 1.82) is 0 Å². The van der Waals surface area contributed by atoms with Gasteiger partial charge in [-0.3, -0.25) is 9.78 Å². The summed E-state index contributed by atoms with van der Waals surface area (Å²) in [7, 11) is 0. The summed E-state index contributed by atoms with van der Waals surface area (Å²) in [6.07, 6.45) is 1.69. The molecule has 0 atom stereocenters. The molecule has 0 aliphatic rings. The first-order valence-corrected chi connectivity index (χ1v) is 12.0. The summed E-state index contributed by atoms with van der Waals surface area (Å²) in [5.74, 6) is 0.807. The number of halogens is 1. The largest absolute Gasteiger partial charge is 0.384 e. The number of aromatic nitrogens is 4. The van der Waals surface area contributed by atoms with Crippen LogP contribution in [0.2, 0.25) is 5.02 Å². The topological polar surface area (TPSA) is 111 Å². The first-order chi connectivity index (χ1) is 18.1. The fourth-order valence-corrected chi connectivity index (χ4v) is 4.00. The van der Waals surface area contributed by atoms with E-state index in [2.05, 4.69) is 25.7 Å². The molecule has 0 saturated carbocycles. The van der Waals surface area contributed by atoms with Crippen LogP contribution < -0.4 is 16.4 Å². The van der Waals surface area contributed by atoms with Crippen LogP contribution in [-0.4, -0.2) is 25.7 Å². The number of benzene rings is 2. The lowest BCUT2D eigenvalue weighted by atomic mass is 10.1. The average molecular weight is 510 g/mol. The zero-order valence-corrected chi connectivity index (χ0v) is 20.6. The number of pyridine rings is 2. The number of hydrogen-bond acceptors (Lipinski definition) is 6. The number of nitrogens with zero attached hydrogens (tertiary/aromatic N) is 4. The SMILES string of the molecule is Nc1cccc(-c2ccc(Cl)c(CNc3cc(C(=O)NCc4ccccn4)nn3-c3ccccc3)c2)n1. The molecule has 0 saturated heterocycles. The van der Waals surface area contributed by atoms with E-state index in [9.17, 15) is 4.79 Å². The van der Waals surface area contributed by atoms with Gasteiger partial charge in [-0.05, 0) is 54.1 Å². The molecule has 0 aliphatic heterocycles. The van der Waals surface area contributed by atoms with E-state index in [-0.39, 0.29) is 11.6 Å². The summed E-state index contributed by atoms with van der Waals surface area (Å²) < 4.78 is 1.70. The summed E-state index contributed by atoms with van der Waals surface area (Å²) >= 11 is 6.52. The van der Waals surface area contributed by atoms with Gasteiger partial charge in [-0.2, -0.15) is 5.10 Å². The third-order valence-corrected chi connectivity index (χ3v) is 6.04. The van der Waals surface area contributed by atoms with Crippen molar-refractivity contribution in [3.63, 3.8) is 0 Å². The molecule has 0 aliphatic carbocycles. The van der Waals surface area contributed by atoms with Gasteiger partial charge in [0.2, 0.25) is 0 Å². The maximum absolute atomic E-state index is 12.9. The van der Waals surface area contributed by atoms with Crippen molar-refractivity contribution in [3.8, 4) is 16.9 Å². The quantitative estimate of drug-likeness (QED) is 0.268. The van der Waals surface area contributed by atoms with Gasteiger partial charge in [-0.25, -0.2) is 9.67 Å². The van der Waals surface area contributed by atoms with Crippen LogP contribution in [0.3, 0.4) is 0 Å². The molecule has 37 heavy (non-hydrogen) atoms. The van der Waals surface area contributed by atoms with Gasteiger partial charge in [0.05, 0.1) is 23.6 Å². The van der Waals surface area contributed by atoms with Crippen LogP contribution in [0.25, 0.3) is 16.9 Å². The number of carbonyl (C=O) groups excluding carboxylic acids is 1. The molecule has 5 aromatic rings. The van der Waals surface area contributed by atoms with Crippen molar-refractivity contribution < 1.29 is 4.79 Å². The first kappa shape index (κ1) is 24.0. The number of para-hydroxylation sites is 1. The first-order valence-electron chi connectivity index (χ1n) is 11.7. The van der Waals surface area contributed by atoms with Crippen molar-refractivity contribution in [1.82, 2.24) is 25.1 Å². The molecule has 9 heteroatoms.